The van der Waals surface area contributed by atoms with Crippen LogP contribution in [0, 0.1) is 0 Å². The highest BCUT2D eigenvalue weighted by atomic mass is 16.5. The third-order valence-electron chi connectivity index (χ3n) is 5.72. The average molecular weight is 412 g/mol. The zero-order valence-corrected chi connectivity index (χ0v) is 17.9. The number of hydrogen-bond donors (Lipinski definition) is 1. The Balaban J connectivity index is 1.74. The van der Waals surface area contributed by atoms with E-state index in [9.17, 15) is 4.79 Å². The molecule has 2 heterocycles. The number of methoxy groups -OCH3 is 2. The summed E-state index contributed by atoms with van der Waals surface area (Å²) in [4.78, 5) is 23.8. The highest BCUT2D eigenvalue weighted by Crippen LogP contribution is 2.39. The number of carbonyl (C=O) groups excluding carboxylic acids is 1. The maximum absolute atomic E-state index is 12.9. The summed E-state index contributed by atoms with van der Waals surface area (Å²) >= 11 is 0. The molecule has 30 heavy (non-hydrogen) atoms. The molecule has 0 bridgehead atoms. The fraction of sp³-hybridized carbons (Fsp3) is 0.476. The monoisotopic (exact) mass is 412 g/mol. The van der Waals surface area contributed by atoms with E-state index < -0.39 is 0 Å². The van der Waals surface area contributed by atoms with E-state index in [0.29, 0.717) is 35.4 Å². The molecule has 1 N–H and O–H groups in total. The summed E-state index contributed by atoms with van der Waals surface area (Å²) in [6.45, 7) is 2.57. The van der Waals surface area contributed by atoms with E-state index in [-0.39, 0.29) is 12.1 Å². The molecule has 9 heteroatoms. The first-order chi connectivity index (χ1) is 14.6. The minimum absolute atomic E-state index is 0.0596. The van der Waals surface area contributed by atoms with Crippen LogP contribution in [-0.4, -0.2) is 54.9 Å². The van der Waals surface area contributed by atoms with Gasteiger partial charge in [0.05, 0.1) is 32.1 Å². The Bertz CT molecular complexity index is 931. The summed E-state index contributed by atoms with van der Waals surface area (Å²) in [6.07, 6.45) is 6.11. The minimum atomic E-state index is -0.0596. The van der Waals surface area contributed by atoms with Crippen molar-refractivity contribution >= 4 is 29.2 Å². The molecule has 4 rings (SSSR count). The molecule has 1 fully saturated rings. The number of urea groups is 1. The second-order valence-electron chi connectivity index (χ2n) is 7.43. The third-order valence-corrected chi connectivity index (χ3v) is 5.72. The van der Waals surface area contributed by atoms with Gasteiger partial charge in [0, 0.05) is 19.7 Å². The van der Waals surface area contributed by atoms with Gasteiger partial charge in [-0.15, -0.1) is 0 Å². The van der Waals surface area contributed by atoms with E-state index in [1.54, 1.807) is 37.4 Å². The highest BCUT2D eigenvalue weighted by Gasteiger charge is 2.39. The summed E-state index contributed by atoms with van der Waals surface area (Å²) in [5, 5.41) is 7.09. The van der Waals surface area contributed by atoms with Crippen LogP contribution in [0.25, 0.3) is 0 Å². The largest absolute Gasteiger partial charge is 0.497 e. The second kappa shape index (κ2) is 8.25. The molecule has 160 valence electrons. The number of ether oxygens (including phenoxy) is 2. The first-order valence-electron chi connectivity index (χ1n) is 10.3. The van der Waals surface area contributed by atoms with Crippen LogP contribution >= 0.6 is 0 Å². The zero-order valence-electron chi connectivity index (χ0n) is 17.9. The Morgan fingerprint density at radius 2 is 1.97 bits per heavy atom. The van der Waals surface area contributed by atoms with Crippen LogP contribution in [-0.2, 0) is 0 Å². The van der Waals surface area contributed by atoms with Gasteiger partial charge in [-0.2, -0.15) is 4.98 Å². The lowest BCUT2D eigenvalue weighted by Crippen LogP contribution is -2.59. The number of anilines is 4. The Kier molecular flexibility index (Phi) is 5.52. The Morgan fingerprint density at radius 1 is 1.20 bits per heavy atom. The average Bonchev–Trinajstić information content (AvgIpc) is 3.30. The van der Waals surface area contributed by atoms with Crippen molar-refractivity contribution < 1.29 is 14.3 Å². The number of carbonyl (C=O) groups is 1. The van der Waals surface area contributed by atoms with Gasteiger partial charge in [0.2, 0.25) is 5.95 Å². The van der Waals surface area contributed by atoms with E-state index in [2.05, 4.69) is 15.3 Å². The number of fused-ring (bicyclic) bond motifs is 1. The number of amides is 2. The minimum Gasteiger partial charge on any atom is -0.497 e. The van der Waals surface area contributed by atoms with Crippen molar-refractivity contribution in [2.24, 2.45) is 0 Å². The summed E-state index contributed by atoms with van der Waals surface area (Å²) in [6, 6.07) is 5.70. The van der Waals surface area contributed by atoms with Crippen LogP contribution in [0.5, 0.6) is 11.5 Å². The molecule has 0 saturated heterocycles. The molecule has 1 aromatic heterocycles. The molecule has 1 aliphatic heterocycles. The SMILES string of the molecule is CCN1C(=O)N(C)c2cnc(Nc3cc(OC)ccc3OC)nc2N1C1CCCC1. The van der Waals surface area contributed by atoms with Gasteiger partial charge >= 0.3 is 6.03 Å². The topological polar surface area (TPSA) is 83.1 Å². The molecule has 1 aromatic carbocycles. The van der Waals surface area contributed by atoms with Crippen LogP contribution < -0.4 is 24.7 Å². The number of aromatic nitrogens is 2. The molecule has 2 amide bonds. The smallest absolute Gasteiger partial charge is 0.343 e. The van der Waals surface area contributed by atoms with E-state index in [4.69, 9.17) is 14.5 Å². The predicted molar refractivity (Wildman–Crippen MR) is 116 cm³/mol. The van der Waals surface area contributed by atoms with E-state index in [1.807, 2.05) is 25.1 Å². The van der Waals surface area contributed by atoms with E-state index >= 15 is 0 Å². The van der Waals surface area contributed by atoms with Gasteiger partial charge in [0.25, 0.3) is 0 Å². The van der Waals surface area contributed by atoms with Gasteiger partial charge in [0.15, 0.2) is 5.82 Å². The molecule has 0 spiro atoms. The molecular weight excluding hydrogens is 384 g/mol. The van der Waals surface area contributed by atoms with Crippen molar-refractivity contribution in [3.63, 3.8) is 0 Å². The first-order valence-corrected chi connectivity index (χ1v) is 10.3. The van der Waals surface area contributed by atoms with Crippen molar-refractivity contribution in [1.29, 1.82) is 0 Å². The number of rotatable bonds is 6. The fourth-order valence-electron chi connectivity index (χ4n) is 4.15. The van der Waals surface area contributed by atoms with E-state index in [0.717, 1.165) is 31.5 Å². The lowest BCUT2D eigenvalue weighted by atomic mass is 10.2. The van der Waals surface area contributed by atoms with Gasteiger partial charge in [-0.1, -0.05) is 12.8 Å². The molecule has 2 aliphatic rings. The second-order valence-corrected chi connectivity index (χ2v) is 7.43. The summed E-state index contributed by atoms with van der Waals surface area (Å²) in [7, 11) is 4.99. The molecule has 1 saturated carbocycles. The molecule has 1 aliphatic carbocycles. The van der Waals surface area contributed by atoms with Crippen LogP contribution in [0.4, 0.5) is 27.9 Å². The van der Waals surface area contributed by atoms with Gasteiger partial charge in [0.1, 0.15) is 17.2 Å². The summed E-state index contributed by atoms with van der Waals surface area (Å²) in [5.41, 5.74) is 1.41. The lowest BCUT2D eigenvalue weighted by molar-refractivity contribution is 0.191. The van der Waals surface area contributed by atoms with Crippen molar-refractivity contribution in [3.8, 4) is 11.5 Å². The van der Waals surface area contributed by atoms with Gasteiger partial charge in [-0.25, -0.2) is 14.8 Å². The Morgan fingerprint density at radius 3 is 2.63 bits per heavy atom. The van der Waals surface area contributed by atoms with Gasteiger partial charge in [-0.3, -0.25) is 9.91 Å². The first kappa shape index (κ1) is 20.1. The van der Waals surface area contributed by atoms with Gasteiger partial charge in [-0.05, 0) is 31.9 Å². The lowest BCUT2D eigenvalue weighted by Gasteiger charge is -2.45. The predicted octanol–water partition coefficient (Wildman–Crippen LogP) is 3.79. The zero-order chi connectivity index (χ0) is 21.3. The standard InChI is InChI=1S/C21H28N6O3/c1-5-26-21(28)25(2)17-13-22-20(24-19(17)27(26)14-8-6-7-9-14)23-16-12-15(29-3)10-11-18(16)30-4/h10-14H,5-9H2,1-4H3,(H,22,23,24). The fourth-order valence-corrected chi connectivity index (χ4v) is 4.15. The molecule has 2 aromatic rings. The van der Waals surface area contributed by atoms with Gasteiger partial charge < -0.3 is 14.8 Å². The molecular formula is C21H28N6O3. The van der Waals surface area contributed by atoms with Crippen molar-refractivity contribution in [1.82, 2.24) is 15.0 Å². The maximum Gasteiger partial charge on any atom is 0.343 e. The van der Waals surface area contributed by atoms with Crippen LogP contribution in [0.3, 0.4) is 0 Å². The molecule has 0 atom stereocenters. The third kappa shape index (κ3) is 3.44. The Labute approximate surface area is 176 Å². The number of hydrazine groups is 1. The number of nitrogens with one attached hydrogen (secondary N) is 1. The molecule has 0 radical (unpaired) electrons. The quantitative estimate of drug-likeness (QED) is 0.773. The normalized spacial score (nSPS) is 16.7. The van der Waals surface area contributed by atoms with E-state index in [1.165, 1.54) is 0 Å². The number of nitrogens with zero attached hydrogens (tertiary/aromatic N) is 5. The highest BCUT2D eigenvalue weighted by molar-refractivity contribution is 5.98. The maximum atomic E-state index is 12.9. The van der Waals surface area contributed by atoms with Crippen LogP contribution in [0.2, 0.25) is 0 Å². The molecule has 9 nitrogen and oxygen atoms in total. The number of hydrogen-bond acceptors (Lipinski definition) is 7. The van der Waals surface area contributed by atoms with Crippen molar-refractivity contribution in [2.45, 2.75) is 38.6 Å². The Hall–Kier alpha value is -3.23. The van der Waals surface area contributed by atoms with Crippen LogP contribution in [0.15, 0.2) is 24.4 Å². The number of benzene rings is 1. The summed E-state index contributed by atoms with van der Waals surface area (Å²) < 4.78 is 10.8. The summed E-state index contributed by atoms with van der Waals surface area (Å²) in [5.74, 6) is 2.53. The van der Waals surface area contributed by atoms with Crippen molar-refractivity contribution in [2.75, 3.05) is 43.0 Å². The van der Waals surface area contributed by atoms with Crippen LogP contribution in [0.1, 0.15) is 32.6 Å². The van der Waals surface area contributed by atoms with Crippen molar-refractivity contribution in [3.05, 3.63) is 24.4 Å². The molecule has 0 unspecified atom stereocenters.